The van der Waals surface area contributed by atoms with E-state index in [4.69, 9.17) is 4.74 Å². The Kier molecular flexibility index (Phi) is 3.99. The predicted octanol–water partition coefficient (Wildman–Crippen LogP) is 2.48. The highest BCUT2D eigenvalue weighted by Gasteiger charge is 2.18. The van der Waals surface area contributed by atoms with Crippen LogP contribution in [0.25, 0.3) is 0 Å². The highest BCUT2D eigenvalue weighted by Crippen LogP contribution is 2.24. The monoisotopic (exact) mass is 254 g/mol. The summed E-state index contributed by atoms with van der Waals surface area (Å²) in [5.41, 5.74) is 0. The van der Waals surface area contributed by atoms with E-state index in [0.717, 1.165) is 25.0 Å². The minimum atomic E-state index is 0.893. The normalized spacial score (nSPS) is 24.6. The third-order valence-electron chi connectivity index (χ3n) is 2.31. The Hall–Kier alpha value is 0.690. The zero-order valence-corrected chi connectivity index (χ0v) is 8.63. The molecule has 1 atom stereocenters. The fraction of sp³-hybridized carbons (Fsp3) is 1.00. The van der Waals surface area contributed by atoms with Crippen LogP contribution in [-0.2, 0) is 4.74 Å². The van der Waals surface area contributed by atoms with Crippen molar-refractivity contribution < 1.29 is 4.74 Å². The first-order valence-electron chi connectivity index (χ1n) is 3.98. The molecule has 0 aromatic rings. The number of hydrogen-bond donors (Lipinski definition) is 0. The van der Waals surface area contributed by atoms with Crippen molar-refractivity contribution in [3.63, 3.8) is 0 Å². The van der Waals surface area contributed by atoms with Crippen LogP contribution in [0.2, 0.25) is 0 Å². The fourth-order valence-electron chi connectivity index (χ4n) is 1.41. The van der Waals surface area contributed by atoms with Crippen LogP contribution in [0, 0.1) is 11.8 Å². The maximum atomic E-state index is 5.29. The van der Waals surface area contributed by atoms with Crippen molar-refractivity contribution in [3.05, 3.63) is 0 Å². The lowest BCUT2D eigenvalue weighted by Gasteiger charge is -2.26. The van der Waals surface area contributed by atoms with Crippen LogP contribution in [0.5, 0.6) is 0 Å². The first-order chi connectivity index (χ1) is 4.84. The molecule has 1 unspecified atom stereocenters. The van der Waals surface area contributed by atoms with Gasteiger partial charge in [-0.05, 0) is 24.7 Å². The van der Waals surface area contributed by atoms with Crippen molar-refractivity contribution in [3.8, 4) is 0 Å². The van der Waals surface area contributed by atoms with Gasteiger partial charge in [-0.2, -0.15) is 0 Å². The quantitative estimate of drug-likeness (QED) is 0.543. The molecule has 0 aromatic heterocycles. The molecule has 1 saturated heterocycles. The molecule has 1 heterocycles. The molecule has 0 bridgehead atoms. The molecule has 0 N–H and O–H groups in total. The maximum absolute atomic E-state index is 5.29. The van der Waals surface area contributed by atoms with Crippen LogP contribution in [0.4, 0.5) is 0 Å². The van der Waals surface area contributed by atoms with E-state index in [1.165, 1.54) is 17.3 Å². The molecular formula is C8H15IO. The van der Waals surface area contributed by atoms with E-state index < -0.39 is 0 Å². The van der Waals surface area contributed by atoms with Crippen molar-refractivity contribution in [2.45, 2.75) is 19.8 Å². The average Bonchev–Trinajstić information content (AvgIpc) is 2.05. The van der Waals surface area contributed by atoms with Gasteiger partial charge in [-0.1, -0.05) is 29.5 Å². The van der Waals surface area contributed by atoms with Crippen LogP contribution in [0.1, 0.15) is 19.8 Å². The third kappa shape index (κ3) is 2.38. The Morgan fingerprint density at radius 2 is 2.10 bits per heavy atom. The molecule has 0 spiro atoms. The molecule has 0 aliphatic carbocycles. The van der Waals surface area contributed by atoms with Crippen molar-refractivity contribution in [1.29, 1.82) is 0 Å². The molecule has 0 saturated carbocycles. The van der Waals surface area contributed by atoms with Crippen molar-refractivity contribution >= 4 is 22.6 Å². The number of halogens is 1. The van der Waals surface area contributed by atoms with Crippen LogP contribution in [0.3, 0.4) is 0 Å². The van der Waals surface area contributed by atoms with E-state index >= 15 is 0 Å². The van der Waals surface area contributed by atoms with Gasteiger partial charge in [0.2, 0.25) is 0 Å². The number of alkyl halides is 1. The summed E-state index contributed by atoms with van der Waals surface area (Å²) in [6.07, 6.45) is 2.56. The Balaban J connectivity index is 2.24. The first kappa shape index (κ1) is 8.78. The summed E-state index contributed by atoms with van der Waals surface area (Å²) in [5.74, 6) is 1.83. The maximum Gasteiger partial charge on any atom is 0.0468 e. The zero-order valence-electron chi connectivity index (χ0n) is 6.48. The molecule has 0 aromatic carbocycles. The Morgan fingerprint density at radius 3 is 2.60 bits per heavy atom. The largest absolute Gasteiger partial charge is 0.381 e. The smallest absolute Gasteiger partial charge is 0.0468 e. The van der Waals surface area contributed by atoms with Gasteiger partial charge in [-0.3, -0.25) is 0 Å². The van der Waals surface area contributed by atoms with E-state index in [2.05, 4.69) is 29.5 Å². The van der Waals surface area contributed by atoms with Gasteiger partial charge in [0.25, 0.3) is 0 Å². The first-order valence-corrected chi connectivity index (χ1v) is 5.51. The van der Waals surface area contributed by atoms with Gasteiger partial charge in [-0.15, -0.1) is 0 Å². The van der Waals surface area contributed by atoms with Crippen LogP contribution < -0.4 is 0 Å². The highest BCUT2D eigenvalue weighted by atomic mass is 127. The summed E-state index contributed by atoms with van der Waals surface area (Å²) in [7, 11) is 0. The molecule has 1 aliphatic rings. The second-order valence-corrected chi connectivity index (χ2v) is 3.96. The minimum Gasteiger partial charge on any atom is -0.381 e. The molecule has 1 rings (SSSR count). The molecule has 1 fully saturated rings. The summed E-state index contributed by atoms with van der Waals surface area (Å²) in [5, 5.41) is 0. The summed E-state index contributed by atoms with van der Waals surface area (Å²) < 4.78 is 6.59. The van der Waals surface area contributed by atoms with Gasteiger partial charge >= 0.3 is 0 Å². The van der Waals surface area contributed by atoms with Gasteiger partial charge in [0.05, 0.1) is 0 Å². The lowest BCUT2D eigenvalue weighted by atomic mass is 9.89. The van der Waals surface area contributed by atoms with Gasteiger partial charge in [0, 0.05) is 17.6 Å². The molecule has 60 valence electrons. The van der Waals surface area contributed by atoms with Crippen LogP contribution in [0.15, 0.2) is 0 Å². The average molecular weight is 254 g/mol. The van der Waals surface area contributed by atoms with Gasteiger partial charge < -0.3 is 4.74 Å². The van der Waals surface area contributed by atoms with Gasteiger partial charge in [0.1, 0.15) is 0 Å². The van der Waals surface area contributed by atoms with E-state index in [9.17, 15) is 0 Å². The zero-order chi connectivity index (χ0) is 7.40. The Labute approximate surface area is 76.7 Å². The summed E-state index contributed by atoms with van der Waals surface area (Å²) in [4.78, 5) is 0. The lowest BCUT2D eigenvalue weighted by Crippen LogP contribution is -2.22. The SMILES string of the molecule is CC(CI)C1CCOCC1. The second kappa shape index (κ2) is 4.54. The number of hydrogen-bond acceptors (Lipinski definition) is 1. The number of ether oxygens (including phenoxy) is 1. The van der Waals surface area contributed by atoms with Crippen molar-refractivity contribution in [1.82, 2.24) is 0 Å². The topological polar surface area (TPSA) is 9.23 Å². The summed E-state index contributed by atoms with van der Waals surface area (Å²) in [6, 6.07) is 0. The van der Waals surface area contributed by atoms with Crippen molar-refractivity contribution in [2.75, 3.05) is 17.6 Å². The minimum absolute atomic E-state index is 0.893. The van der Waals surface area contributed by atoms with Crippen LogP contribution in [-0.4, -0.2) is 17.6 Å². The van der Waals surface area contributed by atoms with Gasteiger partial charge in [-0.25, -0.2) is 0 Å². The molecule has 0 amide bonds. The highest BCUT2D eigenvalue weighted by molar-refractivity contribution is 14.1. The molecule has 1 aliphatic heterocycles. The Bertz CT molecular complexity index is 89.3. The molecule has 10 heavy (non-hydrogen) atoms. The molecule has 1 nitrogen and oxygen atoms in total. The predicted molar refractivity (Wildman–Crippen MR) is 51.6 cm³/mol. The third-order valence-corrected chi connectivity index (χ3v) is 3.70. The Morgan fingerprint density at radius 1 is 1.50 bits per heavy atom. The van der Waals surface area contributed by atoms with Crippen LogP contribution >= 0.6 is 22.6 Å². The fourth-order valence-corrected chi connectivity index (χ4v) is 2.13. The van der Waals surface area contributed by atoms with E-state index in [0.29, 0.717) is 0 Å². The van der Waals surface area contributed by atoms with E-state index in [-0.39, 0.29) is 0 Å². The van der Waals surface area contributed by atoms with Crippen molar-refractivity contribution in [2.24, 2.45) is 11.8 Å². The summed E-state index contributed by atoms with van der Waals surface area (Å²) >= 11 is 2.47. The van der Waals surface area contributed by atoms with E-state index in [1.807, 2.05) is 0 Å². The van der Waals surface area contributed by atoms with E-state index in [1.54, 1.807) is 0 Å². The molecular weight excluding hydrogens is 239 g/mol. The standard InChI is InChI=1S/C8H15IO/c1-7(6-9)8-2-4-10-5-3-8/h7-8H,2-6H2,1H3. The number of rotatable bonds is 2. The lowest BCUT2D eigenvalue weighted by molar-refractivity contribution is 0.0533. The molecule has 2 heteroatoms. The summed E-state index contributed by atoms with van der Waals surface area (Å²) in [6.45, 7) is 4.33. The second-order valence-electron chi connectivity index (χ2n) is 3.08. The van der Waals surface area contributed by atoms with Gasteiger partial charge in [0.15, 0.2) is 0 Å². The molecule has 0 radical (unpaired) electrons.